The van der Waals surface area contributed by atoms with Gasteiger partial charge in [0, 0.05) is 21.8 Å². The van der Waals surface area contributed by atoms with Gasteiger partial charge in [-0.05, 0) is 60.7 Å². The average molecular weight is 398 g/mol. The van der Waals surface area contributed by atoms with Crippen LogP contribution in [0.4, 0.5) is 0 Å². The molecule has 2 aromatic carbocycles. The van der Waals surface area contributed by atoms with Crippen LogP contribution >= 0.6 is 11.6 Å². The molecule has 1 aromatic heterocycles. The molecule has 0 radical (unpaired) electrons. The van der Waals surface area contributed by atoms with Crippen molar-refractivity contribution in [3.63, 3.8) is 0 Å². The summed E-state index contributed by atoms with van der Waals surface area (Å²) in [5.41, 5.74) is 8.47. The Hall–Kier alpha value is -2.99. The number of benzene rings is 2. The van der Waals surface area contributed by atoms with Gasteiger partial charge in [-0.2, -0.15) is 0 Å². The van der Waals surface area contributed by atoms with Gasteiger partial charge in [0.05, 0.1) is 7.11 Å². The first-order valence-electron chi connectivity index (χ1n) is 9.08. The van der Waals surface area contributed by atoms with E-state index in [2.05, 4.69) is 21.9 Å². The summed E-state index contributed by atoms with van der Waals surface area (Å²) in [5.74, 6) is -0.0279. The largest absolute Gasteiger partial charge is 0.496 e. The third-order valence-corrected chi connectivity index (χ3v) is 5.40. The summed E-state index contributed by atoms with van der Waals surface area (Å²) < 4.78 is 5.42. The Morgan fingerprint density at radius 2 is 2.04 bits per heavy atom. The number of H-pyrrole nitrogens is 1. The third kappa shape index (κ3) is 3.55. The second kappa shape index (κ2) is 7.56. The lowest BCUT2D eigenvalue weighted by Gasteiger charge is -2.25. The standard InChI is InChI=1S/C21H20ClN3O3/c1-28-19-4-2-3-12-5-6-13(10-16(12)19)20(26)24-25-21(27)18-11-14-9-15(22)7-8-17(14)23-18/h2-4,7-9,11,13,23H,5-6,10H2,1H3,(H,24,26)(H,25,27). The van der Waals surface area contributed by atoms with Crippen LogP contribution in [0.3, 0.4) is 0 Å². The molecule has 1 unspecified atom stereocenters. The number of hydrogen-bond donors (Lipinski definition) is 3. The zero-order valence-corrected chi connectivity index (χ0v) is 16.1. The minimum Gasteiger partial charge on any atom is -0.496 e. The number of hydrogen-bond acceptors (Lipinski definition) is 3. The molecule has 4 rings (SSSR count). The van der Waals surface area contributed by atoms with E-state index in [0.717, 1.165) is 35.1 Å². The van der Waals surface area contributed by atoms with E-state index in [1.54, 1.807) is 31.4 Å². The van der Waals surface area contributed by atoms with E-state index in [1.165, 1.54) is 5.56 Å². The summed E-state index contributed by atoms with van der Waals surface area (Å²) in [6.45, 7) is 0. The molecule has 1 aliphatic carbocycles. The Kier molecular flexibility index (Phi) is 4.96. The lowest BCUT2D eigenvalue weighted by Crippen LogP contribution is -2.45. The first-order valence-corrected chi connectivity index (χ1v) is 9.46. The van der Waals surface area contributed by atoms with Crippen LogP contribution in [0.2, 0.25) is 5.02 Å². The minimum absolute atomic E-state index is 0.205. The number of carbonyl (C=O) groups excluding carboxylic acids is 2. The van der Waals surface area contributed by atoms with Gasteiger partial charge in [0.15, 0.2) is 0 Å². The number of nitrogens with one attached hydrogen (secondary N) is 3. The van der Waals surface area contributed by atoms with Gasteiger partial charge in [0.1, 0.15) is 11.4 Å². The van der Waals surface area contributed by atoms with Crippen LogP contribution in [-0.2, 0) is 17.6 Å². The molecular formula is C21H20ClN3O3. The van der Waals surface area contributed by atoms with Crippen molar-refractivity contribution >= 4 is 34.3 Å². The maximum absolute atomic E-state index is 12.6. The van der Waals surface area contributed by atoms with Crippen LogP contribution in [0.1, 0.15) is 28.0 Å². The molecule has 0 saturated heterocycles. The van der Waals surface area contributed by atoms with Gasteiger partial charge in [-0.1, -0.05) is 23.7 Å². The van der Waals surface area contributed by atoms with Crippen LogP contribution in [-0.4, -0.2) is 23.9 Å². The van der Waals surface area contributed by atoms with Crippen LogP contribution in [0.25, 0.3) is 10.9 Å². The van der Waals surface area contributed by atoms with Crippen molar-refractivity contribution in [1.82, 2.24) is 15.8 Å². The predicted molar refractivity (Wildman–Crippen MR) is 107 cm³/mol. The zero-order chi connectivity index (χ0) is 19.7. The van der Waals surface area contributed by atoms with Crippen molar-refractivity contribution in [3.05, 3.63) is 64.3 Å². The number of aryl methyl sites for hydroxylation is 1. The highest BCUT2D eigenvalue weighted by Crippen LogP contribution is 2.32. The molecule has 2 amide bonds. The quantitative estimate of drug-likeness (QED) is 0.592. The summed E-state index contributed by atoms with van der Waals surface area (Å²) in [6, 6.07) is 13.0. The van der Waals surface area contributed by atoms with E-state index in [4.69, 9.17) is 16.3 Å². The molecule has 144 valence electrons. The Morgan fingerprint density at radius 3 is 2.86 bits per heavy atom. The van der Waals surface area contributed by atoms with Crippen molar-refractivity contribution in [3.8, 4) is 5.75 Å². The lowest BCUT2D eigenvalue weighted by molar-refractivity contribution is -0.126. The Labute approximate surface area is 167 Å². The molecule has 1 heterocycles. The minimum atomic E-state index is -0.408. The van der Waals surface area contributed by atoms with Crippen molar-refractivity contribution < 1.29 is 14.3 Å². The smallest absolute Gasteiger partial charge is 0.286 e. The third-order valence-electron chi connectivity index (χ3n) is 5.16. The SMILES string of the molecule is COc1cccc2c1CC(C(=O)NNC(=O)c1cc3cc(Cl)ccc3[nH]1)CC2. The molecule has 1 atom stereocenters. The summed E-state index contributed by atoms with van der Waals surface area (Å²) in [5, 5.41) is 1.43. The van der Waals surface area contributed by atoms with Gasteiger partial charge in [-0.15, -0.1) is 0 Å². The van der Waals surface area contributed by atoms with E-state index in [0.29, 0.717) is 17.1 Å². The molecule has 3 N–H and O–H groups in total. The molecule has 0 saturated carbocycles. The summed E-state index contributed by atoms with van der Waals surface area (Å²) in [7, 11) is 1.63. The molecule has 1 aliphatic rings. The summed E-state index contributed by atoms with van der Waals surface area (Å²) >= 11 is 5.97. The van der Waals surface area contributed by atoms with E-state index in [1.807, 2.05) is 12.1 Å². The number of aromatic amines is 1. The van der Waals surface area contributed by atoms with Gasteiger partial charge in [-0.25, -0.2) is 0 Å². The first kappa shape index (κ1) is 18.4. The van der Waals surface area contributed by atoms with Crippen LogP contribution in [0.15, 0.2) is 42.5 Å². The number of rotatable bonds is 3. The maximum Gasteiger partial charge on any atom is 0.286 e. The molecule has 0 spiro atoms. The number of aromatic nitrogens is 1. The van der Waals surface area contributed by atoms with Crippen molar-refractivity contribution in [2.45, 2.75) is 19.3 Å². The van der Waals surface area contributed by atoms with Crippen molar-refractivity contribution in [2.24, 2.45) is 5.92 Å². The van der Waals surface area contributed by atoms with Gasteiger partial charge in [-0.3, -0.25) is 20.4 Å². The molecule has 0 bridgehead atoms. The second-order valence-corrected chi connectivity index (χ2v) is 7.33. The second-order valence-electron chi connectivity index (χ2n) is 6.90. The van der Waals surface area contributed by atoms with E-state index >= 15 is 0 Å². The molecule has 0 fully saturated rings. The highest BCUT2D eigenvalue weighted by molar-refractivity contribution is 6.31. The molecule has 0 aliphatic heterocycles. The van der Waals surface area contributed by atoms with Gasteiger partial charge >= 0.3 is 0 Å². The molecule has 7 heteroatoms. The van der Waals surface area contributed by atoms with Gasteiger partial charge in [0.25, 0.3) is 5.91 Å². The van der Waals surface area contributed by atoms with Crippen molar-refractivity contribution in [2.75, 3.05) is 7.11 Å². The van der Waals surface area contributed by atoms with E-state index < -0.39 is 5.91 Å². The Bertz CT molecular complexity index is 1050. The number of hydrazine groups is 1. The number of halogens is 1. The van der Waals surface area contributed by atoms with E-state index in [9.17, 15) is 9.59 Å². The topological polar surface area (TPSA) is 83.2 Å². The number of ether oxygens (including phenoxy) is 1. The van der Waals surface area contributed by atoms with Gasteiger partial charge < -0.3 is 9.72 Å². The number of carbonyl (C=O) groups is 2. The fourth-order valence-electron chi connectivity index (χ4n) is 3.68. The maximum atomic E-state index is 12.6. The van der Waals surface area contributed by atoms with Gasteiger partial charge in [0.2, 0.25) is 5.91 Å². The lowest BCUT2D eigenvalue weighted by atomic mass is 9.83. The zero-order valence-electron chi connectivity index (χ0n) is 15.3. The molecule has 28 heavy (non-hydrogen) atoms. The van der Waals surface area contributed by atoms with E-state index in [-0.39, 0.29) is 11.8 Å². The highest BCUT2D eigenvalue weighted by atomic mass is 35.5. The van der Waals surface area contributed by atoms with Crippen LogP contribution in [0, 0.1) is 5.92 Å². The molecule has 6 nitrogen and oxygen atoms in total. The summed E-state index contributed by atoms with van der Waals surface area (Å²) in [6.07, 6.45) is 2.13. The van der Waals surface area contributed by atoms with Crippen LogP contribution < -0.4 is 15.6 Å². The summed E-state index contributed by atoms with van der Waals surface area (Å²) in [4.78, 5) is 28.0. The Morgan fingerprint density at radius 1 is 1.18 bits per heavy atom. The molecule has 3 aromatic rings. The Balaban J connectivity index is 1.40. The average Bonchev–Trinajstić information content (AvgIpc) is 3.14. The fourth-order valence-corrected chi connectivity index (χ4v) is 3.86. The van der Waals surface area contributed by atoms with Crippen molar-refractivity contribution in [1.29, 1.82) is 0 Å². The highest BCUT2D eigenvalue weighted by Gasteiger charge is 2.27. The first-order chi connectivity index (χ1) is 13.5. The number of fused-ring (bicyclic) bond motifs is 2. The molecular weight excluding hydrogens is 378 g/mol. The predicted octanol–water partition coefficient (Wildman–Crippen LogP) is 3.40. The van der Waals surface area contributed by atoms with Crippen LogP contribution in [0.5, 0.6) is 5.75 Å². The monoisotopic (exact) mass is 397 g/mol. The number of amides is 2. The fraction of sp³-hybridized carbons (Fsp3) is 0.238. The normalized spacial score (nSPS) is 15.7. The number of methoxy groups -OCH3 is 1.